The summed E-state index contributed by atoms with van der Waals surface area (Å²) < 4.78 is 16.7. The van der Waals surface area contributed by atoms with Crippen LogP contribution in [0.4, 0.5) is 11.4 Å². The first kappa shape index (κ1) is 20.4. The lowest BCUT2D eigenvalue weighted by Crippen LogP contribution is -2.39. The van der Waals surface area contributed by atoms with Crippen LogP contribution in [-0.4, -0.2) is 43.7 Å². The summed E-state index contributed by atoms with van der Waals surface area (Å²) in [5.74, 6) is 0.873. The number of nitrogens with zero attached hydrogens (tertiary/aromatic N) is 1. The predicted octanol–water partition coefficient (Wildman–Crippen LogP) is 2.53. The van der Waals surface area contributed by atoms with Crippen molar-refractivity contribution < 1.29 is 23.9 Å². The first-order chi connectivity index (χ1) is 14.0. The van der Waals surface area contributed by atoms with Crippen molar-refractivity contribution in [3.63, 3.8) is 0 Å². The summed E-state index contributed by atoms with van der Waals surface area (Å²) >= 11 is 0. The van der Waals surface area contributed by atoms with Crippen LogP contribution in [0.1, 0.15) is 12.5 Å². The van der Waals surface area contributed by atoms with Crippen LogP contribution in [0.25, 0.3) is 0 Å². The molecule has 2 aromatic rings. The standard InChI is InChI=1S/C20H23N3O6/c1-13(24)22-15-5-3-14(4-6-15)7-8-21-11-17-12-28-20-18(27-2)9-16(23(25)26)10-19(20)29-17/h3-6,9-10,17,21H,7-8,11-12H2,1-2H3,(H,22,24). The van der Waals surface area contributed by atoms with E-state index in [1.54, 1.807) is 0 Å². The Hall–Kier alpha value is -3.33. The number of amides is 1. The number of anilines is 1. The van der Waals surface area contributed by atoms with Crippen molar-refractivity contribution in [3.8, 4) is 17.2 Å². The summed E-state index contributed by atoms with van der Waals surface area (Å²) in [4.78, 5) is 21.6. The highest BCUT2D eigenvalue weighted by Crippen LogP contribution is 2.43. The lowest BCUT2D eigenvalue weighted by molar-refractivity contribution is -0.385. The van der Waals surface area contributed by atoms with E-state index in [1.807, 2.05) is 24.3 Å². The molecule has 0 radical (unpaired) electrons. The largest absolute Gasteiger partial charge is 0.492 e. The van der Waals surface area contributed by atoms with Gasteiger partial charge in [0.05, 0.1) is 24.2 Å². The van der Waals surface area contributed by atoms with Crippen LogP contribution >= 0.6 is 0 Å². The molecule has 1 atom stereocenters. The van der Waals surface area contributed by atoms with Gasteiger partial charge in [0, 0.05) is 19.2 Å². The van der Waals surface area contributed by atoms with Crippen molar-refractivity contribution in [2.45, 2.75) is 19.4 Å². The number of hydrogen-bond acceptors (Lipinski definition) is 7. The predicted molar refractivity (Wildman–Crippen MR) is 107 cm³/mol. The lowest BCUT2D eigenvalue weighted by atomic mass is 10.1. The Balaban J connectivity index is 1.50. The smallest absolute Gasteiger partial charge is 0.277 e. The third-order valence-electron chi connectivity index (χ3n) is 4.38. The number of ether oxygens (including phenoxy) is 3. The van der Waals surface area contributed by atoms with E-state index in [9.17, 15) is 14.9 Å². The van der Waals surface area contributed by atoms with E-state index in [0.717, 1.165) is 24.2 Å². The van der Waals surface area contributed by atoms with Crippen LogP contribution in [0.15, 0.2) is 36.4 Å². The highest BCUT2D eigenvalue weighted by molar-refractivity contribution is 5.88. The van der Waals surface area contributed by atoms with Crippen molar-refractivity contribution >= 4 is 17.3 Å². The Morgan fingerprint density at radius 3 is 2.72 bits per heavy atom. The fourth-order valence-electron chi connectivity index (χ4n) is 2.99. The molecule has 2 N–H and O–H groups in total. The van der Waals surface area contributed by atoms with Gasteiger partial charge in [0.2, 0.25) is 11.7 Å². The molecule has 0 fully saturated rings. The molecular formula is C20H23N3O6. The van der Waals surface area contributed by atoms with Gasteiger partial charge in [-0.05, 0) is 30.7 Å². The van der Waals surface area contributed by atoms with Crippen molar-refractivity contribution in [1.82, 2.24) is 5.32 Å². The van der Waals surface area contributed by atoms with E-state index in [4.69, 9.17) is 14.2 Å². The molecule has 1 aliphatic rings. The van der Waals surface area contributed by atoms with Crippen molar-refractivity contribution in [2.24, 2.45) is 0 Å². The van der Waals surface area contributed by atoms with E-state index in [2.05, 4.69) is 10.6 Å². The van der Waals surface area contributed by atoms with Crippen molar-refractivity contribution in [2.75, 3.05) is 32.1 Å². The van der Waals surface area contributed by atoms with E-state index in [0.29, 0.717) is 24.7 Å². The van der Waals surface area contributed by atoms with Crippen LogP contribution in [0.2, 0.25) is 0 Å². The summed E-state index contributed by atoms with van der Waals surface area (Å²) in [6.45, 7) is 3.06. The molecule has 0 spiro atoms. The quantitative estimate of drug-likeness (QED) is 0.397. The molecule has 1 heterocycles. The van der Waals surface area contributed by atoms with Crippen LogP contribution in [0, 0.1) is 10.1 Å². The van der Waals surface area contributed by atoms with Gasteiger partial charge in [-0.15, -0.1) is 0 Å². The molecule has 3 rings (SSSR count). The third kappa shape index (κ3) is 5.35. The Kier molecular flexibility index (Phi) is 6.50. The average Bonchev–Trinajstić information content (AvgIpc) is 2.70. The molecule has 0 saturated heterocycles. The van der Waals surface area contributed by atoms with Gasteiger partial charge in [-0.2, -0.15) is 0 Å². The molecule has 0 aromatic heterocycles. The molecule has 154 valence electrons. The second kappa shape index (κ2) is 9.24. The Morgan fingerprint density at radius 1 is 1.31 bits per heavy atom. The summed E-state index contributed by atoms with van der Waals surface area (Å²) in [6.07, 6.45) is 0.542. The first-order valence-corrected chi connectivity index (χ1v) is 9.19. The molecule has 9 nitrogen and oxygen atoms in total. The number of nitro groups is 1. The van der Waals surface area contributed by atoms with Gasteiger partial charge in [-0.3, -0.25) is 14.9 Å². The number of carbonyl (C=O) groups is 1. The number of nitrogens with one attached hydrogen (secondary N) is 2. The Bertz CT molecular complexity index is 885. The van der Waals surface area contributed by atoms with Crippen LogP contribution in [0.5, 0.6) is 17.2 Å². The summed E-state index contributed by atoms with van der Waals surface area (Å²) in [5.41, 5.74) is 1.80. The molecule has 0 bridgehead atoms. The minimum atomic E-state index is -0.495. The number of hydrogen-bond donors (Lipinski definition) is 2. The molecule has 1 unspecified atom stereocenters. The maximum atomic E-state index is 11.1. The van der Waals surface area contributed by atoms with Gasteiger partial charge < -0.3 is 24.8 Å². The molecule has 9 heteroatoms. The number of methoxy groups -OCH3 is 1. The molecule has 0 aliphatic carbocycles. The third-order valence-corrected chi connectivity index (χ3v) is 4.38. The fourth-order valence-corrected chi connectivity index (χ4v) is 2.99. The second-order valence-electron chi connectivity index (χ2n) is 6.62. The molecule has 1 aliphatic heterocycles. The van der Waals surface area contributed by atoms with E-state index in [1.165, 1.54) is 26.2 Å². The van der Waals surface area contributed by atoms with Gasteiger partial charge in [-0.25, -0.2) is 0 Å². The zero-order valence-corrected chi connectivity index (χ0v) is 16.3. The molecule has 29 heavy (non-hydrogen) atoms. The van der Waals surface area contributed by atoms with Crippen molar-refractivity contribution in [1.29, 1.82) is 0 Å². The molecule has 2 aromatic carbocycles. The van der Waals surface area contributed by atoms with Gasteiger partial charge in [0.25, 0.3) is 5.69 Å². The van der Waals surface area contributed by atoms with Gasteiger partial charge in [-0.1, -0.05) is 12.1 Å². The maximum absolute atomic E-state index is 11.1. The summed E-state index contributed by atoms with van der Waals surface area (Å²) in [7, 11) is 1.43. The second-order valence-corrected chi connectivity index (χ2v) is 6.62. The number of non-ortho nitro benzene ring substituents is 1. The van der Waals surface area contributed by atoms with Crippen LogP contribution < -0.4 is 24.8 Å². The zero-order valence-electron chi connectivity index (χ0n) is 16.3. The van der Waals surface area contributed by atoms with E-state index < -0.39 is 4.92 Å². The highest BCUT2D eigenvalue weighted by Gasteiger charge is 2.27. The SMILES string of the molecule is COc1cc([N+](=O)[O-])cc2c1OCC(CNCCc1ccc(NC(C)=O)cc1)O2. The molecule has 1 amide bonds. The van der Waals surface area contributed by atoms with Gasteiger partial charge in [0.1, 0.15) is 12.7 Å². The summed E-state index contributed by atoms with van der Waals surface area (Å²) in [6, 6.07) is 10.3. The van der Waals surface area contributed by atoms with E-state index >= 15 is 0 Å². The van der Waals surface area contributed by atoms with Crippen molar-refractivity contribution in [3.05, 3.63) is 52.1 Å². The number of carbonyl (C=O) groups excluding carboxylic acids is 1. The first-order valence-electron chi connectivity index (χ1n) is 9.19. The maximum Gasteiger partial charge on any atom is 0.277 e. The lowest BCUT2D eigenvalue weighted by Gasteiger charge is -2.27. The number of rotatable bonds is 8. The highest BCUT2D eigenvalue weighted by atomic mass is 16.6. The molecular weight excluding hydrogens is 378 g/mol. The van der Waals surface area contributed by atoms with Crippen LogP contribution in [0.3, 0.4) is 0 Å². The normalized spacial score (nSPS) is 14.9. The Labute approximate surface area is 168 Å². The number of nitro benzene ring substituents is 1. The van der Waals surface area contributed by atoms with Gasteiger partial charge >= 0.3 is 0 Å². The topological polar surface area (TPSA) is 112 Å². The van der Waals surface area contributed by atoms with E-state index in [-0.39, 0.29) is 23.4 Å². The fraction of sp³-hybridized carbons (Fsp3) is 0.350. The minimum absolute atomic E-state index is 0.0985. The monoisotopic (exact) mass is 401 g/mol. The minimum Gasteiger partial charge on any atom is -0.492 e. The summed E-state index contributed by atoms with van der Waals surface area (Å²) in [5, 5.41) is 17.1. The number of fused-ring (bicyclic) bond motifs is 1. The zero-order chi connectivity index (χ0) is 20.8. The number of benzene rings is 2. The van der Waals surface area contributed by atoms with Gasteiger partial charge in [0.15, 0.2) is 11.5 Å². The Morgan fingerprint density at radius 2 is 2.07 bits per heavy atom. The van der Waals surface area contributed by atoms with Crippen LogP contribution in [-0.2, 0) is 11.2 Å². The molecule has 0 saturated carbocycles. The average molecular weight is 401 g/mol.